The molecule has 0 bridgehead atoms. The van der Waals surface area contributed by atoms with Crippen molar-refractivity contribution in [2.75, 3.05) is 47.4 Å². The number of amides is 1. The molecule has 1 aliphatic rings. The number of nitrogens with one attached hydrogen (secondary N) is 2. The van der Waals surface area contributed by atoms with Gasteiger partial charge in [-0.25, -0.2) is 12.7 Å². The van der Waals surface area contributed by atoms with Gasteiger partial charge in [0.2, 0.25) is 10.0 Å². The van der Waals surface area contributed by atoms with E-state index in [2.05, 4.69) is 10.6 Å². The number of ether oxygens (including phenoxy) is 1. The van der Waals surface area contributed by atoms with Crippen LogP contribution >= 0.6 is 12.4 Å². The summed E-state index contributed by atoms with van der Waals surface area (Å²) in [6.07, 6.45) is 1.80. The van der Waals surface area contributed by atoms with Crippen molar-refractivity contribution >= 4 is 28.3 Å². The van der Waals surface area contributed by atoms with E-state index in [-0.39, 0.29) is 34.2 Å². The summed E-state index contributed by atoms with van der Waals surface area (Å²) in [6, 6.07) is 1.28. The number of methoxy groups -OCH3 is 1. The van der Waals surface area contributed by atoms with Crippen LogP contribution in [-0.2, 0) is 14.8 Å². The number of halogens is 1. The lowest BCUT2D eigenvalue weighted by Crippen LogP contribution is -2.47. The summed E-state index contributed by atoms with van der Waals surface area (Å²) in [5.74, 6) is -0.218. The Morgan fingerprint density at radius 1 is 1.38 bits per heavy atom. The number of furan rings is 1. The van der Waals surface area contributed by atoms with E-state index < -0.39 is 15.9 Å². The van der Waals surface area contributed by atoms with Crippen LogP contribution in [0.4, 0.5) is 0 Å². The van der Waals surface area contributed by atoms with Crippen molar-refractivity contribution in [3.05, 3.63) is 17.6 Å². The Morgan fingerprint density at radius 3 is 2.54 bits per heavy atom. The molecule has 1 amide bonds. The second-order valence-electron chi connectivity index (χ2n) is 6.68. The Labute approximate surface area is 161 Å². The SMILES string of the molecule is COCC1(CNC(=O)c2cc(S(=O)(=O)N(C)C)c(C)o2)CCNCC1.Cl. The van der Waals surface area contributed by atoms with Crippen molar-refractivity contribution in [1.82, 2.24) is 14.9 Å². The minimum atomic E-state index is -3.65. The molecule has 2 N–H and O–H groups in total. The van der Waals surface area contributed by atoms with Gasteiger partial charge in [-0.2, -0.15) is 0 Å². The third kappa shape index (κ3) is 4.98. The van der Waals surface area contributed by atoms with Crippen molar-refractivity contribution in [1.29, 1.82) is 0 Å². The van der Waals surface area contributed by atoms with Crippen molar-refractivity contribution < 1.29 is 22.4 Å². The number of rotatable bonds is 7. The molecule has 8 nitrogen and oxygen atoms in total. The molecule has 0 spiro atoms. The predicted molar refractivity (Wildman–Crippen MR) is 100 cm³/mol. The minimum Gasteiger partial charge on any atom is -0.455 e. The van der Waals surface area contributed by atoms with Gasteiger partial charge in [0.25, 0.3) is 5.91 Å². The normalized spacial score (nSPS) is 17.0. The van der Waals surface area contributed by atoms with Crippen LogP contribution in [0.1, 0.15) is 29.2 Å². The number of hydrogen-bond donors (Lipinski definition) is 2. The Kier molecular flexibility index (Phi) is 8.09. The average molecular weight is 410 g/mol. The number of piperidine rings is 1. The molecule has 0 radical (unpaired) electrons. The van der Waals surface area contributed by atoms with Gasteiger partial charge in [-0.05, 0) is 32.9 Å². The van der Waals surface area contributed by atoms with Gasteiger partial charge in [0.15, 0.2) is 5.76 Å². The molecular formula is C16H28ClN3O5S. The van der Waals surface area contributed by atoms with Crippen LogP contribution in [-0.4, -0.2) is 66.1 Å². The minimum absolute atomic E-state index is 0. The van der Waals surface area contributed by atoms with Crippen LogP contribution in [0.15, 0.2) is 15.4 Å². The second-order valence-corrected chi connectivity index (χ2v) is 8.80. The Bertz CT molecular complexity index is 706. The summed E-state index contributed by atoms with van der Waals surface area (Å²) in [4.78, 5) is 12.4. The molecule has 2 heterocycles. The highest BCUT2D eigenvalue weighted by molar-refractivity contribution is 7.89. The predicted octanol–water partition coefficient (Wildman–Crippen LogP) is 1.01. The first kappa shape index (κ1) is 22.9. The van der Waals surface area contributed by atoms with Crippen LogP contribution in [0.25, 0.3) is 0 Å². The van der Waals surface area contributed by atoms with Gasteiger partial charge in [-0.1, -0.05) is 0 Å². The van der Waals surface area contributed by atoms with Gasteiger partial charge < -0.3 is 19.8 Å². The van der Waals surface area contributed by atoms with Gasteiger partial charge in [0.1, 0.15) is 10.7 Å². The topological polar surface area (TPSA) is 101 Å². The van der Waals surface area contributed by atoms with Crippen molar-refractivity contribution in [3.8, 4) is 0 Å². The molecule has 0 aromatic carbocycles. The smallest absolute Gasteiger partial charge is 0.287 e. The summed E-state index contributed by atoms with van der Waals surface area (Å²) >= 11 is 0. The summed E-state index contributed by atoms with van der Waals surface area (Å²) in [5, 5.41) is 6.16. The maximum atomic E-state index is 12.4. The molecule has 2 rings (SSSR count). The summed E-state index contributed by atoms with van der Waals surface area (Å²) < 4.78 is 36.3. The first-order chi connectivity index (χ1) is 11.7. The van der Waals surface area contributed by atoms with Crippen molar-refractivity contribution in [2.45, 2.75) is 24.7 Å². The second kappa shape index (κ2) is 9.18. The molecule has 1 aliphatic heterocycles. The van der Waals surface area contributed by atoms with Crippen LogP contribution in [0, 0.1) is 12.3 Å². The molecule has 10 heteroatoms. The van der Waals surface area contributed by atoms with Gasteiger partial charge >= 0.3 is 0 Å². The fraction of sp³-hybridized carbons (Fsp3) is 0.688. The van der Waals surface area contributed by atoms with E-state index >= 15 is 0 Å². The summed E-state index contributed by atoms with van der Waals surface area (Å²) in [5.41, 5.74) is -0.115. The van der Waals surface area contributed by atoms with E-state index in [1.54, 1.807) is 7.11 Å². The van der Waals surface area contributed by atoms with Crippen molar-refractivity contribution in [2.24, 2.45) is 5.41 Å². The monoisotopic (exact) mass is 409 g/mol. The largest absolute Gasteiger partial charge is 0.455 e. The van der Waals surface area contributed by atoms with Crippen LogP contribution in [0.3, 0.4) is 0 Å². The summed E-state index contributed by atoms with van der Waals surface area (Å²) in [7, 11) is 0.883. The molecular weight excluding hydrogens is 382 g/mol. The molecule has 0 aliphatic carbocycles. The zero-order valence-electron chi connectivity index (χ0n) is 15.6. The lowest BCUT2D eigenvalue weighted by molar-refractivity contribution is 0.0506. The number of sulfonamides is 1. The van der Waals surface area contributed by atoms with E-state index in [0.717, 1.165) is 30.2 Å². The fourth-order valence-electron chi connectivity index (χ4n) is 3.02. The zero-order valence-corrected chi connectivity index (χ0v) is 17.3. The van der Waals surface area contributed by atoms with Gasteiger partial charge in [-0.3, -0.25) is 4.79 Å². The van der Waals surface area contributed by atoms with Crippen LogP contribution < -0.4 is 10.6 Å². The third-order valence-corrected chi connectivity index (χ3v) is 6.52. The zero-order chi connectivity index (χ0) is 18.7. The summed E-state index contributed by atoms with van der Waals surface area (Å²) in [6.45, 7) is 4.31. The van der Waals surface area contributed by atoms with Gasteiger partial charge in [-0.15, -0.1) is 12.4 Å². The molecule has 150 valence electrons. The number of carbonyl (C=O) groups is 1. The molecule has 1 aromatic rings. The molecule has 0 unspecified atom stereocenters. The lowest BCUT2D eigenvalue weighted by Gasteiger charge is -2.37. The number of aryl methyl sites for hydroxylation is 1. The molecule has 26 heavy (non-hydrogen) atoms. The van der Waals surface area contributed by atoms with Crippen LogP contribution in [0.5, 0.6) is 0 Å². The van der Waals surface area contributed by atoms with E-state index in [4.69, 9.17) is 9.15 Å². The average Bonchev–Trinajstić information content (AvgIpc) is 2.96. The highest BCUT2D eigenvalue weighted by Gasteiger charge is 2.33. The Hall–Kier alpha value is -1.13. The maximum Gasteiger partial charge on any atom is 0.287 e. The van der Waals surface area contributed by atoms with Crippen molar-refractivity contribution in [3.63, 3.8) is 0 Å². The number of hydrogen-bond acceptors (Lipinski definition) is 6. The third-order valence-electron chi connectivity index (χ3n) is 4.59. The van der Waals surface area contributed by atoms with E-state index in [1.807, 2.05) is 0 Å². The molecule has 1 saturated heterocycles. The first-order valence-electron chi connectivity index (χ1n) is 8.23. The Balaban J connectivity index is 0.00000338. The molecule has 1 aromatic heterocycles. The van der Waals surface area contributed by atoms with E-state index in [1.165, 1.54) is 27.1 Å². The fourth-order valence-corrected chi connectivity index (χ4v) is 4.07. The first-order valence-corrected chi connectivity index (χ1v) is 9.67. The van der Waals surface area contributed by atoms with Crippen LogP contribution in [0.2, 0.25) is 0 Å². The maximum absolute atomic E-state index is 12.4. The Morgan fingerprint density at radius 2 is 2.00 bits per heavy atom. The number of nitrogens with zero attached hydrogens (tertiary/aromatic N) is 1. The van der Waals surface area contributed by atoms with Gasteiger partial charge in [0.05, 0.1) is 6.61 Å². The number of carbonyl (C=O) groups excluding carboxylic acids is 1. The molecule has 1 fully saturated rings. The standard InChI is InChI=1S/C16H27N3O5S.ClH/c1-12-14(25(21,22)19(2)3)9-13(24-12)15(20)18-10-16(11-23-4)5-7-17-8-6-16;/h9,17H,5-8,10-11H2,1-4H3,(H,18,20);1H. The molecule has 0 atom stereocenters. The molecule has 0 saturated carbocycles. The highest BCUT2D eigenvalue weighted by Crippen LogP contribution is 2.28. The lowest BCUT2D eigenvalue weighted by atomic mass is 9.79. The van der Waals surface area contributed by atoms with E-state index in [9.17, 15) is 13.2 Å². The highest BCUT2D eigenvalue weighted by atomic mass is 35.5. The van der Waals surface area contributed by atoms with Gasteiger partial charge in [0, 0.05) is 39.2 Å². The van der Waals surface area contributed by atoms with E-state index in [0.29, 0.717) is 13.2 Å². The quantitative estimate of drug-likeness (QED) is 0.696.